The molecule has 29 heavy (non-hydrogen) atoms. The maximum atomic E-state index is 12.1. The second kappa shape index (κ2) is 10.5. The van der Waals surface area contributed by atoms with E-state index in [-0.39, 0.29) is 17.8 Å². The van der Waals surface area contributed by atoms with E-state index in [2.05, 4.69) is 27.6 Å². The summed E-state index contributed by atoms with van der Waals surface area (Å²) in [7, 11) is 3.13. The lowest BCUT2D eigenvalue weighted by Gasteiger charge is -2.07. The van der Waals surface area contributed by atoms with E-state index in [0.29, 0.717) is 23.5 Å². The van der Waals surface area contributed by atoms with Gasteiger partial charge in [-0.3, -0.25) is 10.1 Å². The van der Waals surface area contributed by atoms with Gasteiger partial charge in [-0.1, -0.05) is 35.4 Å². The highest BCUT2D eigenvalue weighted by Crippen LogP contribution is 2.33. The molecule has 7 nitrogen and oxygen atoms in total. The van der Waals surface area contributed by atoms with Crippen molar-refractivity contribution in [2.75, 3.05) is 25.3 Å². The fraction of sp³-hybridized carbons (Fsp3) is 0.286. The van der Waals surface area contributed by atoms with Gasteiger partial charge in [0.25, 0.3) is 5.89 Å². The van der Waals surface area contributed by atoms with Crippen LogP contribution in [-0.4, -0.2) is 36.1 Å². The van der Waals surface area contributed by atoms with E-state index in [1.54, 1.807) is 32.4 Å². The Kier molecular flexibility index (Phi) is 7.52. The number of thioether (sulfide) groups is 1. The van der Waals surface area contributed by atoms with Crippen LogP contribution in [0.25, 0.3) is 11.5 Å². The molecular formula is C21H23N3O4S. The van der Waals surface area contributed by atoms with E-state index >= 15 is 0 Å². The van der Waals surface area contributed by atoms with Gasteiger partial charge in [0.2, 0.25) is 5.91 Å². The van der Waals surface area contributed by atoms with Crippen LogP contribution in [0.1, 0.15) is 18.4 Å². The second-order valence-corrected chi connectivity index (χ2v) is 7.27. The van der Waals surface area contributed by atoms with E-state index in [4.69, 9.17) is 13.9 Å². The van der Waals surface area contributed by atoms with Gasteiger partial charge >= 0.3 is 6.01 Å². The Balaban J connectivity index is 1.46. The van der Waals surface area contributed by atoms with Gasteiger partial charge in [-0.2, -0.15) is 11.8 Å². The maximum absolute atomic E-state index is 12.1. The highest BCUT2D eigenvalue weighted by atomic mass is 32.2. The Labute approximate surface area is 173 Å². The van der Waals surface area contributed by atoms with Crippen LogP contribution in [0, 0.1) is 0 Å². The van der Waals surface area contributed by atoms with Gasteiger partial charge in [0.05, 0.1) is 19.8 Å². The van der Waals surface area contributed by atoms with Crippen molar-refractivity contribution < 1.29 is 18.7 Å². The first-order chi connectivity index (χ1) is 14.2. The minimum atomic E-state index is -0.151. The number of nitrogens with one attached hydrogen (secondary N) is 1. The lowest BCUT2D eigenvalue weighted by atomic mass is 10.2. The molecule has 0 aliphatic rings. The summed E-state index contributed by atoms with van der Waals surface area (Å²) >= 11 is 1.81. The van der Waals surface area contributed by atoms with E-state index in [9.17, 15) is 4.79 Å². The number of benzene rings is 2. The average Bonchev–Trinajstić information content (AvgIpc) is 3.21. The molecule has 0 unspecified atom stereocenters. The molecule has 3 rings (SSSR count). The Morgan fingerprint density at radius 3 is 2.69 bits per heavy atom. The molecule has 152 valence electrons. The smallest absolute Gasteiger partial charge is 0.322 e. The summed E-state index contributed by atoms with van der Waals surface area (Å²) in [5, 5.41) is 10.5. The van der Waals surface area contributed by atoms with Crippen molar-refractivity contribution in [3.8, 4) is 23.0 Å². The van der Waals surface area contributed by atoms with Crippen molar-refractivity contribution >= 4 is 23.7 Å². The van der Waals surface area contributed by atoms with Crippen LogP contribution in [0.3, 0.4) is 0 Å². The third-order valence-electron chi connectivity index (χ3n) is 4.11. The highest BCUT2D eigenvalue weighted by Gasteiger charge is 2.15. The zero-order valence-corrected chi connectivity index (χ0v) is 17.2. The van der Waals surface area contributed by atoms with Crippen LogP contribution in [0.4, 0.5) is 6.01 Å². The van der Waals surface area contributed by atoms with Crippen molar-refractivity contribution in [3.63, 3.8) is 0 Å². The summed E-state index contributed by atoms with van der Waals surface area (Å²) in [6, 6.07) is 15.6. The first kappa shape index (κ1) is 20.7. The third kappa shape index (κ3) is 5.99. The molecule has 2 aromatic carbocycles. The molecule has 0 fully saturated rings. The molecule has 1 N–H and O–H groups in total. The molecule has 1 heterocycles. The molecule has 0 spiro atoms. The Bertz CT molecular complexity index is 931. The number of carbonyl (C=O) groups is 1. The zero-order valence-electron chi connectivity index (χ0n) is 16.4. The van der Waals surface area contributed by atoms with E-state index in [0.717, 1.165) is 17.9 Å². The van der Waals surface area contributed by atoms with Crippen molar-refractivity contribution in [2.24, 2.45) is 0 Å². The van der Waals surface area contributed by atoms with Crippen LogP contribution in [-0.2, 0) is 10.5 Å². The SMILES string of the molecule is COc1ccc(-c2nnc(NC(=O)CCCSCc3ccccc3)o2)c(OC)c1. The molecule has 0 atom stereocenters. The normalized spacial score (nSPS) is 10.6. The lowest BCUT2D eigenvalue weighted by Crippen LogP contribution is -2.11. The lowest BCUT2D eigenvalue weighted by molar-refractivity contribution is -0.116. The largest absolute Gasteiger partial charge is 0.497 e. The molecule has 0 radical (unpaired) electrons. The van der Waals surface area contributed by atoms with Crippen LogP contribution in [0.15, 0.2) is 52.9 Å². The number of carbonyl (C=O) groups excluding carboxylic acids is 1. The van der Waals surface area contributed by atoms with Gasteiger partial charge in [-0.25, -0.2) is 0 Å². The predicted molar refractivity (Wildman–Crippen MR) is 113 cm³/mol. The van der Waals surface area contributed by atoms with Crippen LogP contribution < -0.4 is 14.8 Å². The quantitative estimate of drug-likeness (QED) is 0.493. The number of amides is 1. The zero-order chi connectivity index (χ0) is 20.5. The van der Waals surface area contributed by atoms with Gasteiger partial charge in [0, 0.05) is 18.2 Å². The minimum absolute atomic E-state index is 0.0693. The third-order valence-corrected chi connectivity index (χ3v) is 5.23. The summed E-state index contributed by atoms with van der Waals surface area (Å²) in [6.45, 7) is 0. The Morgan fingerprint density at radius 2 is 1.93 bits per heavy atom. The number of hydrogen-bond donors (Lipinski definition) is 1. The Hall–Kier alpha value is -3.00. The van der Waals surface area contributed by atoms with Crippen LogP contribution in [0.2, 0.25) is 0 Å². The molecule has 0 aliphatic carbocycles. The van der Waals surface area contributed by atoms with Crippen molar-refractivity contribution in [3.05, 3.63) is 54.1 Å². The van der Waals surface area contributed by atoms with Gasteiger partial charge in [-0.15, -0.1) is 5.10 Å². The highest BCUT2D eigenvalue weighted by molar-refractivity contribution is 7.98. The van der Waals surface area contributed by atoms with Gasteiger partial charge in [0.1, 0.15) is 11.5 Å². The fourth-order valence-corrected chi connectivity index (χ4v) is 3.56. The number of aromatic nitrogens is 2. The van der Waals surface area contributed by atoms with Crippen LogP contribution >= 0.6 is 11.8 Å². The molecule has 3 aromatic rings. The number of ether oxygens (including phenoxy) is 2. The summed E-state index contributed by atoms with van der Waals surface area (Å²) in [5.74, 6) is 3.16. The molecule has 0 bridgehead atoms. The summed E-state index contributed by atoms with van der Waals surface area (Å²) < 4.78 is 16.1. The molecule has 1 amide bonds. The molecule has 0 aliphatic heterocycles. The fourth-order valence-electron chi connectivity index (χ4n) is 2.64. The molecule has 0 saturated carbocycles. The molecule has 0 saturated heterocycles. The summed E-state index contributed by atoms with van der Waals surface area (Å²) in [5.41, 5.74) is 1.91. The van der Waals surface area contributed by atoms with Gasteiger partial charge < -0.3 is 13.9 Å². The van der Waals surface area contributed by atoms with Gasteiger partial charge in [0.15, 0.2) is 0 Å². The van der Waals surface area contributed by atoms with Crippen molar-refractivity contribution in [2.45, 2.75) is 18.6 Å². The first-order valence-electron chi connectivity index (χ1n) is 9.17. The maximum Gasteiger partial charge on any atom is 0.322 e. The van der Waals surface area contributed by atoms with Crippen molar-refractivity contribution in [1.29, 1.82) is 0 Å². The van der Waals surface area contributed by atoms with Crippen molar-refractivity contribution in [1.82, 2.24) is 10.2 Å². The van der Waals surface area contributed by atoms with E-state index < -0.39 is 0 Å². The Morgan fingerprint density at radius 1 is 1.10 bits per heavy atom. The minimum Gasteiger partial charge on any atom is -0.497 e. The molecule has 1 aromatic heterocycles. The molecular weight excluding hydrogens is 390 g/mol. The second-order valence-electron chi connectivity index (χ2n) is 6.17. The summed E-state index contributed by atoms with van der Waals surface area (Å²) in [4.78, 5) is 12.1. The summed E-state index contributed by atoms with van der Waals surface area (Å²) in [6.07, 6.45) is 1.17. The number of rotatable bonds is 10. The average molecular weight is 413 g/mol. The standard InChI is InChI=1S/C21H23N3O4S/c1-26-16-10-11-17(18(13-16)27-2)20-23-24-21(28-20)22-19(25)9-6-12-29-14-15-7-4-3-5-8-15/h3-5,7-8,10-11,13H,6,9,12,14H2,1-2H3,(H,22,24,25). The van der Waals surface area contributed by atoms with E-state index in [1.807, 2.05) is 30.0 Å². The topological polar surface area (TPSA) is 86.5 Å². The first-order valence-corrected chi connectivity index (χ1v) is 10.3. The number of anilines is 1. The number of methoxy groups -OCH3 is 2. The number of hydrogen-bond acceptors (Lipinski definition) is 7. The van der Waals surface area contributed by atoms with Gasteiger partial charge in [-0.05, 0) is 29.9 Å². The van der Waals surface area contributed by atoms with Crippen LogP contribution in [0.5, 0.6) is 11.5 Å². The molecule has 8 heteroatoms. The monoisotopic (exact) mass is 413 g/mol. The number of nitrogens with zero attached hydrogens (tertiary/aromatic N) is 2. The predicted octanol–water partition coefficient (Wildman–Crippen LogP) is 4.41. The van der Waals surface area contributed by atoms with E-state index in [1.165, 1.54) is 5.56 Å².